The van der Waals surface area contributed by atoms with Crippen LogP contribution in [0.25, 0.3) is 0 Å². The number of phenols is 1. The van der Waals surface area contributed by atoms with Gasteiger partial charge < -0.3 is 14.9 Å². The second-order valence-electron chi connectivity index (χ2n) is 4.30. The molecule has 5 heteroatoms. The number of carboxylic acid groups (broad SMARTS) is 1. The number of hydrogen-bond acceptors (Lipinski definition) is 3. The zero-order chi connectivity index (χ0) is 12.8. The fourth-order valence-electron chi connectivity index (χ4n) is 2.15. The van der Waals surface area contributed by atoms with Crippen molar-refractivity contribution in [1.29, 1.82) is 0 Å². The van der Waals surface area contributed by atoms with Crippen molar-refractivity contribution < 1.29 is 19.7 Å². The normalized spacial score (nSPS) is 16.6. The van der Waals surface area contributed by atoms with Gasteiger partial charge in [0.15, 0.2) is 11.5 Å². The third-order valence-electron chi connectivity index (χ3n) is 3.32. The Balaban J connectivity index is 2.69. The molecule has 92 valence electrons. The van der Waals surface area contributed by atoms with Crippen LogP contribution in [-0.4, -0.2) is 23.3 Å². The molecular formula is C12H13BrO4. The Morgan fingerprint density at radius 3 is 2.53 bits per heavy atom. The molecule has 0 spiro atoms. The van der Waals surface area contributed by atoms with Crippen LogP contribution in [0.15, 0.2) is 10.5 Å². The van der Waals surface area contributed by atoms with Crippen LogP contribution in [0.5, 0.6) is 11.5 Å². The molecule has 1 aromatic carbocycles. The molecule has 2 rings (SSSR count). The fourth-order valence-corrected chi connectivity index (χ4v) is 2.56. The van der Waals surface area contributed by atoms with E-state index >= 15 is 0 Å². The molecule has 1 aromatic rings. The van der Waals surface area contributed by atoms with Gasteiger partial charge in [-0.1, -0.05) is 15.9 Å². The molecule has 0 unspecified atom stereocenters. The van der Waals surface area contributed by atoms with Gasteiger partial charge in [-0.2, -0.15) is 0 Å². The van der Waals surface area contributed by atoms with E-state index < -0.39 is 11.4 Å². The first kappa shape index (κ1) is 12.2. The monoisotopic (exact) mass is 300 g/mol. The highest BCUT2D eigenvalue weighted by Crippen LogP contribution is 2.55. The lowest BCUT2D eigenvalue weighted by molar-refractivity contribution is -0.140. The number of aliphatic carboxylic acids is 1. The maximum atomic E-state index is 11.3. The second-order valence-corrected chi connectivity index (χ2v) is 5.15. The summed E-state index contributed by atoms with van der Waals surface area (Å²) < 4.78 is 5.80. The number of carboxylic acids is 1. The van der Waals surface area contributed by atoms with Crippen LogP contribution < -0.4 is 4.74 Å². The number of phenolic OH excluding ortho intramolecular Hbond substituents is 1. The summed E-state index contributed by atoms with van der Waals surface area (Å²) in [5.41, 5.74) is 0.282. The van der Waals surface area contributed by atoms with Crippen LogP contribution in [0, 0.1) is 6.92 Å². The summed E-state index contributed by atoms with van der Waals surface area (Å²) in [6, 6.07) is 1.64. The zero-order valence-electron chi connectivity index (χ0n) is 9.58. The van der Waals surface area contributed by atoms with E-state index in [2.05, 4.69) is 15.9 Å². The van der Waals surface area contributed by atoms with E-state index in [9.17, 15) is 15.0 Å². The summed E-state index contributed by atoms with van der Waals surface area (Å²) in [5.74, 6) is -0.658. The second kappa shape index (κ2) is 3.91. The lowest BCUT2D eigenvalue weighted by Crippen LogP contribution is -2.21. The van der Waals surface area contributed by atoms with Crippen LogP contribution in [0.3, 0.4) is 0 Å². The lowest BCUT2D eigenvalue weighted by atomic mass is 9.90. The smallest absolute Gasteiger partial charge is 0.314 e. The Morgan fingerprint density at radius 2 is 2.12 bits per heavy atom. The van der Waals surface area contributed by atoms with Crippen molar-refractivity contribution in [3.05, 3.63) is 21.7 Å². The van der Waals surface area contributed by atoms with Gasteiger partial charge in [-0.3, -0.25) is 4.79 Å². The molecule has 0 aromatic heterocycles. The summed E-state index contributed by atoms with van der Waals surface area (Å²) in [6.45, 7) is 1.79. The molecule has 1 aliphatic rings. The topological polar surface area (TPSA) is 66.8 Å². The Bertz CT molecular complexity index is 492. The zero-order valence-corrected chi connectivity index (χ0v) is 11.2. The molecule has 1 fully saturated rings. The van der Waals surface area contributed by atoms with Crippen molar-refractivity contribution in [3.8, 4) is 11.5 Å². The average Bonchev–Trinajstić information content (AvgIpc) is 3.05. The van der Waals surface area contributed by atoms with Crippen LogP contribution in [0.1, 0.15) is 24.0 Å². The number of ether oxygens (including phenoxy) is 1. The minimum Gasteiger partial charge on any atom is -0.504 e. The molecule has 1 saturated carbocycles. The molecule has 2 N–H and O–H groups in total. The maximum Gasteiger partial charge on any atom is 0.314 e. The average molecular weight is 301 g/mol. The number of carbonyl (C=O) groups is 1. The highest BCUT2D eigenvalue weighted by molar-refractivity contribution is 9.10. The Kier molecular flexibility index (Phi) is 2.81. The Hall–Kier alpha value is -1.23. The van der Waals surface area contributed by atoms with Crippen LogP contribution in [-0.2, 0) is 10.2 Å². The SMILES string of the molecule is COc1cc(Br)c(C)c(C2(C(=O)O)CC2)c1O. The third-order valence-corrected chi connectivity index (χ3v) is 4.14. The molecule has 0 atom stereocenters. The van der Waals surface area contributed by atoms with Gasteiger partial charge in [-0.05, 0) is 31.4 Å². The van der Waals surface area contributed by atoms with E-state index in [0.717, 1.165) is 10.0 Å². The molecule has 4 nitrogen and oxygen atoms in total. The summed E-state index contributed by atoms with van der Waals surface area (Å²) in [7, 11) is 1.45. The number of benzene rings is 1. The lowest BCUT2D eigenvalue weighted by Gasteiger charge is -2.18. The molecule has 0 heterocycles. The summed E-state index contributed by atoms with van der Waals surface area (Å²) in [5, 5.41) is 19.4. The molecule has 0 radical (unpaired) electrons. The van der Waals surface area contributed by atoms with Crippen molar-refractivity contribution in [3.63, 3.8) is 0 Å². The number of aromatic hydroxyl groups is 1. The van der Waals surface area contributed by atoms with Gasteiger partial charge >= 0.3 is 5.97 Å². The largest absolute Gasteiger partial charge is 0.504 e. The van der Waals surface area contributed by atoms with Crippen LogP contribution >= 0.6 is 15.9 Å². The molecular weight excluding hydrogens is 288 g/mol. The molecule has 0 bridgehead atoms. The predicted molar refractivity (Wildman–Crippen MR) is 65.6 cm³/mol. The predicted octanol–water partition coefficient (Wildman–Crippen LogP) is 2.59. The summed E-state index contributed by atoms with van der Waals surface area (Å²) in [6.07, 6.45) is 1.10. The summed E-state index contributed by atoms with van der Waals surface area (Å²) in [4.78, 5) is 11.3. The van der Waals surface area contributed by atoms with Crippen LogP contribution in [0.4, 0.5) is 0 Å². The van der Waals surface area contributed by atoms with Crippen molar-refractivity contribution in [1.82, 2.24) is 0 Å². The Labute approximate surface area is 107 Å². The first-order valence-corrected chi connectivity index (χ1v) is 6.03. The quantitative estimate of drug-likeness (QED) is 0.900. The highest BCUT2D eigenvalue weighted by atomic mass is 79.9. The third kappa shape index (κ3) is 1.69. The van der Waals surface area contributed by atoms with E-state index in [4.69, 9.17) is 4.74 Å². The van der Waals surface area contributed by atoms with Gasteiger partial charge in [0, 0.05) is 10.0 Å². The molecule has 1 aliphatic carbocycles. The first-order valence-electron chi connectivity index (χ1n) is 5.24. The molecule has 17 heavy (non-hydrogen) atoms. The number of hydrogen-bond donors (Lipinski definition) is 2. The Morgan fingerprint density at radius 1 is 1.53 bits per heavy atom. The first-order chi connectivity index (χ1) is 7.94. The molecule has 0 amide bonds. The van der Waals surface area contributed by atoms with E-state index in [1.165, 1.54) is 7.11 Å². The van der Waals surface area contributed by atoms with Gasteiger partial charge in [0.05, 0.1) is 12.5 Å². The van der Waals surface area contributed by atoms with E-state index in [0.29, 0.717) is 24.2 Å². The van der Waals surface area contributed by atoms with Gasteiger partial charge in [-0.25, -0.2) is 0 Å². The van der Waals surface area contributed by atoms with Crippen molar-refractivity contribution in [2.24, 2.45) is 0 Å². The van der Waals surface area contributed by atoms with Gasteiger partial charge in [-0.15, -0.1) is 0 Å². The molecule has 0 aliphatic heterocycles. The minimum atomic E-state index is -0.939. The minimum absolute atomic E-state index is 0.0619. The van der Waals surface area contributed by atoms with Gasteiger partial charge in [0.2, 0.25) is 0 Å². The number of methoxy groups -OCH3 is 1. The number of rotatable bonds is 3. The van der Waals surface area contributed by atoms with Crippen molar-refractivity contribution >= 4 is 21.9 Å². The number of halogens is 1. The van der Waals surface area contributed by atoms with Crippen LogP contribution in [0.2, 0.25) is 0 Å². The van der Waals surface area contributed by atoms with Gasteiger partial charge in [0.25, 0.3) is 0 Å². The van der Waals surface area contributed by atoms with Gasteiger partial charge in [0.1, 0.15) is 0 Å². The standard InChI is InChI=1S/C12H13BrO4/c1-6-7(13)5-8(17-2)10(14)9(6)12(3-4-12)11(15)16/h5,14H,3-4H2,1-2H3,(H,15,16). The fraction of sp³-hybridized carbons (Fsp3) is 0.417. The van der Waals surface area contributed by atoms with E-state index in [1.54, 1.807) is 13.0 Å². The maximum absolute atomic E-state index is 11.3. The van der Waals surface area contributed by atoms with E-state index in [-0.39, 0.29) is 5.75 Å². The summed E-state index contributed by atoms with van der Waals surface area (Å²) >= 11 is 3.36. The van der Waals surface area contributed by atoms with E-state index in [1.807, 2.05) is 0 Å². The van der Waals surface area contributed by atoms with Crippen molar-refractivity contribution in [2.75, 3.05) is 7.11 Å². The molecule has 0 saturated heterocycles. The van der Waals surface area contributed by atoms with Crippen molar-refractivity contribution in [2.45, 2.75) is 25.2 Å². The highest BCUT2D eigenvalue weighted by Gasteiger charge is 2.54.